The summed E-state index contributed by atoms with van der Waals surface area (Å²) < 4.78 is 1.78. The van der Waals surface area contributed by atoms with Crippen molar-refractivity contribution in [2.45, 2.75) is 25.9 Å². The van der Waals surface area contributed by atoms with E-state index in [0.29, 0.717) is 40.6 Å². The maximum absolute atomic E-state index is 13.2. The third-order valence-corrected chi connectivity index (χ3v) is 8.59. The molecule has 12 heteroatoms. The standard InChI is InChI=1S/C28H25ClN8O2S/c1-37-22-13-31-10-8-19(22)33-25(37)26(38)34-18-6-2-4-15(17(18)12-30)16-5-3-7-21(24(16)29)35-27(39)28-36-20-9-11-32-14-23(20)40-28/h2-7,31-32H,8-11,13-14H2,1H3,(H,34,38)(H,35,39). The van der Waals surface area contributed by atoms with Gasteiger partial charge in [-0.2, -0.15) is 5.26 Å². The number of nitriles is 1. The van der Waals surface area contributed by atoms with Gasteiger partial charge in [-0.3, -0.25) is 9.59 Å². The molecule has 0 fully saturated rings. The van der Waals surface area contributed by atoms with Crippen molar-refractivity contribution in [3.8, 4) is 17.2 Å². The number of anilines is 2. The van der Waals surface area contributed by atoms with Gasteiger partial charge in [-0.15, -0.1) is 11.3 Å². The molecule has 6 rings (SSSR count). The van der Waals surface area contributed by atoms with E-state index in [9.17, 15) is 14.9 Å². The highest BCUT2D eigenvalue weighted by molar-refractivity contribution is 7.13. The summed E-state index contributed by atoms with van der Waals surface area (Å²) in [5, 5.41) is 23.1. The smallest absolute Gasteiger partial charge is 0.291 e. The molecule has 2 aliphatic rings. The van der Waals surface area contributed by atoms with E-state index in [1.54, 1.807) is 41.0 Å². The molecule has 2 aromatic heterocycles. The number of imidazole rings is 1. The predicted molar refractivity (Wildman–Crippen MR) is 154 cm³/mol. The molecule has 2 aromatic carbocycles. The molecule has 0 bridgehead atoms. The molecule has 0 spiro atoms. The first-order chi connectivity index (χ1) is 19.4. The van der Waals surface area contributed by atoms with Crippen LogP contribution in [0.25, 0.3) is 11.1 Å². The first-order valence-electron chi connectivity index (χ1n) is 12.8. The Morgan fingerprint density at radius 2 is 1.68 bits per heavy atom. The lowest BCUT2D eigenvalue weighted by Gasteiger charge is -2.15. The van der Waals surface area contributed by atoms with E-state index in [0.717, 1.165) is 47.9 Å². The number of thiazole rings is 1. The maximum atomic E-state index is 13.2. The van der Waals surface area contributed by atoms with Crippen LogP contribution < -0.4 is 21.3 Å². The minimum atomic E-state index is -0.404. The van der Waals surface area contributed by atoms with E-state index < -0.39 is 5.91 Å². The first kappa shape index (κ1) is 26.2. The van der Waals surface area contributed by atoms with E-state index >= 15 is 0 Å². The predicted octanol–water partition coefficient (Wildman–Crippen LogP) is 3.86. The monoisotopic (exact) mass is 572 g/mol. The summed E-state index contributed by atoms with van der Waals surface area (Å²) in [7, 11) is 1.81. The van der Waals surface area contributed by atoms with Crippen LogP contribution in [-0.2, 0) is 33.0 Å². The number of hydrogen-bond donors (Lipinski definition) is 4. The molecule has 0 saturated carbocycles. The molecule has 2 aliphatic heterocycles. The zero-order valence-electron chi connectivity index (χ0n) is 21.6. The lowest BCUT2D eigenvalue weighted by molar-refractivity contribution is 0.101. The molecule has 202 valence electrons. The number of aromatic nitrogens is 3. The van der Waals surface area contributed by atoms with E-state index in [4.69, 9.17) is 11.6 Å². The van der Waals surface area contributed by atoms with E-state index in [2.05, 4.69) is 37.3 Å². The zero-order chi connectivity index (χ0) is 27.8. The molecular weight excluding hydrogens is 548 g/mol. The van der Waals surface area contributed by atoms with Gasteiger partial charge in [0.25, 0.3) is 11.8 Å². The summed E-state index contributed by atoms with van der Waals surface area (Å²) in [5.41, 5.74) is 4.91. The van der Waals surface area contributed by atoms with Crippen LogP contribution >= 0.6 is 22.9 Å². The summed E-state index contributed by atoms with van der Waals surface area (Å²) in [4.78, 5) is 36.3. The van der Waals surface area contributed by atoms with Crippen molar-refractivity contribution in [2.24, 2.45) is 7.05 Å². The van der Waals surface area contributed by atoms with Crippen LogP contribution in [0.2, 0.25) is 5.02 Å². The average molecular weight is 573 g/mol. The number of hydrogen-bond acceptors (Lipinski definition) is 8. The third kappa shape index (κ3) is 4.76. The van der Waals surface area contributed by atoms with Crippen LogP contribution in [0.15, 0.2) is 36.4 Å². The van der Waals surface area contributed by atoms with Crippen molar-refractivity contribution in [3.05, 3.63) is 79.8 Å². The summed E-state index contributed by atoms with van der Waals surface area (Å²) >= 11 is 8.15. The van der Waals surface area contributed by atoms with Crippen molar-refractivity contribution in [1.29, 1.82) is 5.26 Å². The Hall–Kier alpha value is -4.08. The highest BCUT2D eigenvalue weighted by Crippen LogP contribution is 2.38. The number of amides is 2. The molecular formula is C28H25ClN8O2S. The van der Waals surface area contributed by atoms with Crippen molar-refractivity contribution in [1.82, 2.24) is 25.2 Å². The fraction of sp³-hybridized carbons (Fsp3) is 0.250. The topological polar surface area (TPSA) is 137 Å². The Balaban J connectivity index is 1.28. The van der Waals surface area contributed by atoms with Crippen molar-refractivity contribution < 1.29 is 9.59 Å². The number of nitrogens with zero attached hydrogens (tertiary/aromatic N) is 4. The lowest BCUT2D eigenvalue weighted by Crippen LogP contribution is -2.25. The van der Waals surface area contributed by atoms with Gasteiger partial charge in [-0.25, -0.2) is 9.97 Å². The molecule has 10 nitrogen and oxygen atoms in total. The van der Waals surface area contributed by atoms with Crippen LogP contribution in [0.4, 0.5) is 11.4 Å². The molecule has 0 radical (unpaired) electrons. The Kier molecular flexibility index (Phi) is 7.08. The number of rotatable bonds is 5. The van der Waals surface area contributed by atoms with Crippen LogP contribution in [0.3, 0.4) is 0 Å². The van der Waals surface area contributed by atoms with Crippen LogP contribution in [0.1, 0.15) is 47.9 Å². The molecule has 4 aromatic rings. The Morgan fingerprint density at radius 3 is 2.42 bits per heavy atom. The second-order valence-corrected chi connectivity index (χ2v) is 11.0. The van der Waals surface area contributed by atoms with Crippen LogP contribution in [0.5, 0.6) is 0 Å². The van der Waals surface area contributed by atoms with E-state index in [1.165, 1.54) is 11.3 Å². The molecule has 0 unspecified atom stereocenters. The van der Waals surface area contributed by atoms with E-state index in [-0.39, 0.29) is 22.3 Å². The van der Waals surface area contributed by atoms with Crippen LogP contribution in [-0.4, -0.2) is 39.4 Å². The third-order valence-electron chi connectivity index (χ3n) is 7.09. The van der Waals surface area contributed by atoms with Gasteiger partial charge in [0.1, 0.15) is 6.07 Å². The van der Waals surface area contributed by atoms with Gasteiger partial charge in [0.15, 0.2) is 10.8 Å². The average Bonchev–Trinajstić information content (AvgIpc) is 3.56. The second-order valence-electron chi connectivity index (χ2n) is 9.55. The molecule has 0 saturated heterocycles. The zero-order valence-corrected chi connectivity index (χ0v) is 23.2. The molecule has 0 atom stereocenters. The fourth-order valence-electron chi connectivity index (χ4n) is 5.04. The summed E-state index contributed by atoms with van der Waals surface area (Å²) in [5.74, 6) is -0.461. The van der Waals surface area contributed by atoms with Gasteiger partial charge in [-0.1, -0.05) is 35.9 Å². The summed E-state index contributed by atoms with van der Waals surface area (Å²) in [6, 6.07) is 12.6. The number of fused-ring (bicyclic) bond motifs is 2. The number of halogens is 1. The molecule has 4 heterocycles. The SMILES string of the molecule is Cn1c(C(=O)Nc2cccc(-c3cccc(NC(=O)c4nc5c(s4)CNCC5)c3Cl)c2C#N)nc2c1CNCC2. The van der Waals surface area contributed by atoms with Crippen LogP contribution in [0, 0.1) is 11.3 Å². The van der Waals surface area contributed by atoms with Gasteiger partial charge < -0.3 is 25.8 Å². The fourth-order valence-corrected chi connectivity index (χ4v) is 6.29. The van der Waals surface area contributed by atoms with E-state index in [1.807, 2.05) is 7.05 Å². The lowest BCUT2D eigenvalue weighted by atomic mass is 9.98. The molecule has 4 N–H and O–H groups in total. The van der Waals surface area contributed by atoms with Crippen molar-refractivity contribution in [2.75, 3.05) is 23.7 Å². The highest BCUT2D eigenvalue weighted by atomic mass is 35.5. The largest absolute Gasteiger partial charge is 0.326 e. The Labute approximate surface area is 239 Å². The molecule has 2 amide bonds. The van der Waals surface area contributed by atoms with Gasteiger partial charge in [0, 0.05) is 62.1 Å². The molecule has 0 aliphatic carbocycles. The first-order valence-corrected chi connectivity index (χ1v) is 14.0. The van der Waals surface area contributed by atoms with Gasteiger partial charge in [0.2, 0.25) is 0 Å². The Morgan fingerprint density at radius 1 is 0.975 bits per heavy atom. The normalized spacial score (nSPS) is 14.1. The van der Waals surface area contributed by atoms with Crippen molar-refractivity contribution >= 4 is 46.1 Å². The van der Waals surface area contributed by atoms with Crippen molar-refractivity contribution in [3.63, 3.8) is 0 Å². The minimum Gasteiger partial charge on any atom is -0.326 e. The second kappa shape index (κ2) is 10.8. The molecule has 40 heavy (non-hydrogen) atoms. The number of nitrogens with one attached hydrogen (secondary N) is 4. The summed E-state index contributed by atoms with van der Waals surface area (Å²) in [6.45, 7) is 3.02. The van der Waals surface area contributed by atoms with Gasteiger partial charge in [-0.05, 0) is 12.1 Å². The number of benzene rings is 2. The minimum absolute atomic E-state index is 0.252. The highest BCUT2D eigenvalue weighted by Gasteiger charge is 2.24. The Bertz CT molecular complexity index is 1680. The quantitative estimate of drug-likeness (QED) is 0.285. The number of carbonyl (C=O) groups excluding carboxylic acids is 2. The van der Waals surface area contributed by atoms with Gasteiger partial charge >= 0.3 is 0 Å². The maximum Gasteiger partial charge on any atom is 0.291 e. The summed E-state index contributed by atoms with van der Waals surface area (Å²) in [6.07, 6.45) is 1.54. The van der Waals surface area contributed by atoms with Gasteiger partial charge in [0.05, 0.1) is 39.0 Å². The number of carbonyl (C=O) groups is 2.